The summed E-state index contributed by atoms with van der Waals surface area (Å²) in [5, 5.41) is 9.29. The highest BCUT2D eigenvalue weighted by Gasteiger charge is 2.37. The Bertz CT molecular complexity index is 496. The number of benzene rings is 1. The van der Waals surface area contributed by atoms with Crippen LogP contribution in [0.4, 0.5) is 5.69 Å². The van der Waals surface area contributed by atoms with Gasteiger partial charge in [0.2, 0.25) is 5.91 Å². The van der Waals surface area contributed by atoms with Gasteiger partial charge >= 0.3 is 5.97 Å². The SMILES string of the molecule is CC(C)CCC(=O)N1c2ccccc2CC1C(=O)O. The minimum Gasteiger partial charge on any atom is -0.480 e. The summed E-state index contributed by atoms with van der Waals surface area (Å²) >= 11 is 0. The van der Waals surface area contributed by atoms with Gasteiger partial charge in [0.25, 0.3) is 0 Å². The fraction of sp³-hybridized carbons (Fsp3) is 0.467. The number of amides is 1. The zero-order valence-corrected chi connectivity index (χ0v) is 11.3. The van der Waals surface area contributed by atoms with Crippen molar-refractivity contribution in [2.75, 3.05) is 4.90 Å². The molecule has 1 aliphatic rings. The van der Waals surface area contributed by atoms with E-state index in [2.05, 4.69) is 13.8 Å². The lowest BCUT2D eigenvalue weighted by atomic mass is 10.1. The molecule has 2 rings (SSSR count). The summed E-state index contributed by atoms with van der Waals surface area (Å²) in [5.74, 6) is -0.592. The number of carbonyl (C=O) groups excluding carboxylic acids is 1. The largest absolute Gasteiger partial charge is 0.480 e. The molecule has 4 heteroatoms. The number of aliphatic carboxylic acids is 1. The Morgan fingerprint density at radius 3 is 2.68 bits per heavy atom. The van der Waals surface area contributed by atoms with Crippen LogP contribution < -0.4 is 4.90 Å². The first kappa shape index (κ1) is 13.6. The smallest absolute Gasteiger partial charge is 0.327 e. The van der Waals surface area contributed by atoms with Gasteiger partial charge in [-0.3, -0.25) is 9.69 Å². The summed E-state index contributed by atoms with van der Waals surface area (Å²) in [6.45, 7) is 4.11. The van der Waals surface area contributed by atoms with Crippen molar-refractivity contribution in [2.24, 2.45) is 5.92 Å². The van der Waals surface area contributed by atoms with Crippen LogP contribution in [0.2, 0.25) is 0 Å². The third kappa shape index (κ3) is 2.78. The molecule has 0 saturated heterocycles. The van der Waals surface area contributed by atoms with Gasteiger partial charge in [-0.2, -0.15) is 0 Å². The van der Waals surface area contributed by atoms with Crippen LogP contribution in [0.15, 0.2) is 24.3 Å². The fourth-order valence-corrected chi connectivity index (χ4v) is 2.42. The van der Waals surface area contributed by atoms with Gasteiger partial charge in [-0.1, -0.05) is 32.0 Å². The molecule has 102 valence electrons. The van der Waals surface area contributed by atoms with Gasteiger partial charge in [0, 0.05) is 18.5 Å². The van der Waals surface area contributed by atoms with E-state index in [-0.39, 0.29) is 5.91 Å². The van der Waals surface area contributed by atoms with E-state index in [9.17, 15) is 14.7 Å². The van der Waals surface area contributed by atoms with E-state index in [1.165, 1.54) is 4.90 Å². The Labute approximate surface area is 113 Å². The van der Waals surface area contributed by atoms with E-state index >= 15 is 0 Å². The molecule has 0 radical (unpaired) electrons. The second-order valence-electron chi connectivity index (χ2n) is 5.38. The van der Waals surface area contributed by atoms with Crippen molar-refractivity contribution in [1.82, 2.24) is 0 Å². The monoisotopic (exact) mass is 261 g/mol. The highest BCUT2D eigenvalue weighted by Crippen LogP contribution is 2.33. The predicted octanol–water partition coefficient (Wildman–Crippen LogP) is 2.47. The molecule has 1 aromatic rings. The van der Waals surface area contributed by atoms with Gasteiger partial charge in [-0.15, -0.1) is 0 Å². The van der Waals surface area contributed by atoms with Crippen LogP contribution in [-0.4, -0.2) is 23.0 Å². The summed E-state index contributed by atoms with van der Waals surface area (Å²) in [4.78, 5) is 25.1. The molecule has 19 heavy (non-hydrogen) atoms. The second kappa shape index (κ2) is 5.43. The Balaban J connectivity index is 2.24. The molecule has 1 aliphatic heterocycles. The lowest BCUT2D eigenvalue weighted by molar-refractivity contribution is -0.139. The van der Waals surface area contributed by atoms with Gasteiger partial charge in [0.05, 0.1) is 0 Å². The van der Waals surface area contributed by atoms with E-state index in [4.69, 9.17) is 0 Å². The number of carboxylic acids is 1. The average molecular weight is 261 g/mol. The normalized spacial score (nSPS) is 17.6. The second-order valence-corrected chi connectivity index (χ2v) is 5.38. The van der Waals surface area contributed by atoms with E-state index in [1.54, 1.807) is 0 Å². The van der Waals surface area contributed by atoms with Crippen molar-refractivity contribution >= 4 is 17.6 Å². The molecule has 1 amide bonds. The third-order valence-electron chi connectivity index (χ3n) is 3.47. The zero-order valence-electron chi connectivity index (χ0n) is 11.3. The molecule has 0 fully saturated rings. The summed E-state index contributed by atoms with van der Waals surface area (Å²) in [7, 11) is 0. The van der Waals surface area contributed by atoms with Crippen LogP contribution in [-0.2, 0) is 16.0 Å². The van der Waals surface area contributed by atoms with Crippen LogP contribution in [0.3, 0.4) is 0 Å². The summed E-state index contributed by atoms with van der Waals surface area (Å²) in [5.41, 5.74) is 1.69. The molecule has 0 bridgehead atoms. The topological polar surface area (TPSA) is 57.6 Å². The average Bonchev–Trinajstić information content (AvgIpc) is 2.75. The van der Waals surface area contributed by atoms with Crippen molar-refractivity contribution in [3.05, 3.63) is 29.8 Å². The quantitative estimate of drug-likeness (QED) is 0.905. The molecular weight excluding hydrogens is 242 g/mol. The standard InChI is InChI=1S/C15H19NO3/c1-10(2)7-8-14(17)16-12-6-4-3-5-11(12)9-13(16)15(18)19/h3-6,10,13H,7-9H2,1-2H3,(H,18,19). The maximum Gasteiger partial charge on any atom is 0.327 e. The lowest BCUT2D eigenvalue weighted by Crippen LogP contribution is -2.42. The molecule has 0 saturated carbocycles. The van der Waals surface area contributed by atoms with Gasteiger partial charge in [0.1, 0.15) is 6.04 Å². The van der Waals surface area contributed by atoms with Crippen LogP contribution in [0, 0.1) is 5.92 Å². The summed E-state index contributed by atoms with van der Waals surface area (Å²) < 4.78 is 0. The van der Waals surface area contributed by atoms with Gasteiger partial charge in [-0.05, 0) is 24.0 Å². The first-order valence-electron chi connectivity index (χ1n) is 6.63. The van der Waals surface area contributed by atoms with Crippen LogP contribution in [0.1, 0.15) is 32.3 Å². The molecule has 0 aromatic heterocycles. The van der Waals surface area contributed by atoms with Crippen LogP contribution in [0.25, 0.3) is 0 Å². The molecule has 1 aromatic carbocycles. The Kier molecular flexibility index (Phi) is 3.88. The summed E-state index contributed by atoms with van der Waals surface area (Å²) in [6, 6.07) is 6.68. The highest BCUT2D eigenvalue weighted by atomic mass is 16.4. The van der Waals surface area contributed by atoms with Gasteiger partial charge in [-0.25, -0.2) is 4.79 Å². The van der Waals surface area contributed by atoms with Gasteiger partial charge in [0.15, 0.2) is 0 Å². The molecule has 1 unspecified atom stereocenters. The molecule has 1 heterocycles. The molecule has 0 spiro atoms. The van der Waals surface area contributed by atoms with Crippen LogP contribution >= 0.6 is 0 Å². The van der Waals surface area contributed by atoms with Crippen molar-refractivity contribution in [3.8, 4) is 0 Å². The Morgan fingerprint density at radius 2 is 2.05 bits per heavy atom. The first-order valence-corrected chi connectivity index (χ1v) is 6.63. The molecular formula is C15H19NO3. The first-order chi connectivity index (χ1) is 9.00. The molecule has 1 N–H and O–H groups in total. The van der Waals surface area contributed by atoms with Crippen molar-refractivity contribution < 1.29 is 14.7 Å². The number of rotatable bonds is 4. The lowest BCUT2D eigenvalue weighted by Gasteiger charge is -2.23. The van der Waals surface area contributed by atoms with E-state index < -0.39 is 12.0 Å². The maximum absolute atomic E-state index is 12.3. The number of carboxylic acid groups (broad SMARTS) is 1. The van der Waals surface area contributed by atoms with E-state index in [0.717, 1.165) is 17.7 Å². The predicted molar refractivity (Wildman–Crippen MR) is 73.1 cm³/mol. The van der Waals surface area contributed by atoms with Crippen molar-refractivity contribution in [1.29, 1.82) is 0 Å². The van der Waals surface area contributed by atoms with E-state index in [1.807, 2.05) is 24.3 Å². The minimum absolute atomic E-state index is 0.0916. The van der Waals surface area contributed by atoms with Crippen LogP contribution in [0.5, 0.6) is 0 Å². The molecule has 1 atom stereocenters. The third-order valence-corrected chi connectivity index (χ3v) is 3.47. The molecule has 4 nitrogen and oxygen atoms in total. The minimum atomic E-state index is -0.936. The molecule has 0 aliphatic carbocycles. The number of hydrogen-bond acceptors (Lipinski definition) is 2. The Hall–Kier alpha value is -1.84. The number of anilines is 1. The highest BCUT2D eigenvalue weighted by molar-refractivity contribution is 6.01. The van der Waals surface area contributed by atoms with E-state index in [0.29, 0.717) is 18.8 Å². The zero-order chi connectivity index (χ0) is 14.0. The van der Waals surface area contributed by atoms with Crippen molar-refractivity contribution in [2.45, 2.75) is 39.2 Å². The number of hydrogen-bond donors (Lipinski definition) is 1. The van der Waals surface area contributed by atoms with Crippen molar-refractivity contribution in [3.63, 3.8) is 0 Å². The Morgan fingerprint density at radius 1 is 1.37 bits per heavy atom. The van der Waals surface area contributed by atoms with Gasteiger partial charge < -0.3 is 5.11 Å². The number of nitrogens with zero attached hydrogens (tertiary/aromatic N) is 1. The number of para-hydroxylation sites is 1. The maximum atomic E-state index is 12.3. The fourth-order valence-electron chi connectivity index (χ4n) is 2.42. The number of carbonyl (C=O) groups is 2. The summed E-state index contributed by atoms with van der Waals surface area (Å²) in [6.07, 6.45) is 1.58. The number of fused-ring (bicyclic) bond motifs is 1.